The zero-order valence-corrected chi connectivity index (χ0v) is 15.6. The molecule has 0 aliphatic carbocycles. The topological polar surface area (TPSA) is 84.1 Å². The number of ether oxygens (including phenoxy) is 1. The molecule has 0 amide bonds. The van der Waals surface area contributed by atoms with Crippen molar-refractivity contribution in [3.63, 3.8) is 0 Å². The molecule has 0 unspecified atom stereocenters. The monoisotopic (exact) mass is 369 g/mol. The number of hydrogen-bond acceptors (Lipinski definition) is 4. The van der Waals surface area contributed by atoms with Crippen molar-refractivity contribution in [1.82, 2.24) is 9.29 Å². The molecule has 0 radical (unpaired) electrons. The molecular weight excluding hydrogens is 350 g/mol. The molecule has 0 aliphatic heterocycles. The Hall–Kier alpha value is -2.82. The Kier molecular flexibility index (Phi) is 4.72. The van der Waals surface area contributed by atoms with Crippen molar-refractivity contribution < 1.29 is 13.2 Å². The number of benzene rings is 2. The van der Waals surface area contributed by atoms with E-state index in [-0.39, 0.29) is 4.90 Å². The summed E-state index contributed by atoms with van der Waals surface area (Å²) >= 11 is 0. The van der Waals surface area contributed by atoms with Crippen LogP contribution in [0.4, 0.5) is 0 Å². The number of rotatable bonds is 5. The Balaban J connectivity index is 2.35. The first-order chi connectivity index (χ1) is 12.5. The minimum Gasteiger partial charge on any atom is -0.497 e. The number of methoxy groups -OCH3 is 1. The SMILES string of the molecule is CCn1c(-c2cccc(S(=O)(=O)NC)c2)c(C#N)c2ccc(OC)cc21. The van der Waals surface area contributed by atoms with Gasteiger partial charge >= 0.3 is 0 Å². The van der Waals surface area contributed by atoms with Crippen LogP contribution < -0.4 is 9.46 Å². The van der Waals surface area contributed by atoms with Crippen LogP contribution in [0.2, 0.25) is 0 Å². The number of nitriles is 1. The maximum atomic E-state index is 12.1. The van der Waals surface area contributed by atoms with E-state index in [1.165, 1.54) is 13.1 Å². The highest BCUT2D eigenvalue weighted by atomic mass is 32.2. The number of fused-ring (bicyclic) bond motifs is 1. The number of nitrogens with one attached hydrogen (secondary N) is 1. The molecule has 26 heavy (non-hydrogen) atoms. The highest BCUT2D eigenvalue weighted by molar-refractivity contribution is 7.89. The predicted molar refractivity (Wildman–Crippen MR) is 101 cm³/mol. The first-order valence-corrected chi connectivity index (χ1v) is 9.59. The molecule has 0 atom stereocenters. The lowest BCUT2D eigenvalue weighted by atomic mass is 10.1. The van der Waals surface area contributed by atoms with Gasteiger partial charge in [-0.15, -0.1) is 0 Å². The Morgan fingerprint density at radius 2 is 2.00 bits per heavy atom. The van der Waals surface area contributed by atoms with Gasteiger partial charge in [0.25, 0.3) is 0 Å². The molecule has 0 saturated heterocycles. The molecule has 3 rings (SSSR count). The number of aryl methyl sites for hydroxylation is 1. The fourth-order valence-corrected chi connectivity index (χ4v) is 3.90. The molecule has 0 aliphatic rings. The van der Waals surface area contributed by atoms with Crippen LogP contribution in [0.25, 0.3) is 22.2 Å². The second kappa shape index (κ2) is 6.83. The highest BCUT2D eigenvalue weighted by Gasteiger charge is 2.20. The van der Waals surface area contributed by atoms with Gasteiger partial charge in [0.15, 0.2) is 0 Å². The van der Waals surface area contributed by atoms with Gasteiger partial charge in [-0.25, -0.2) is 13.1 Å². The maximum absolute atomic E-state index is 12.1. The molecule has 3 aromatic rings. The molecule has 6 nitrogen and oxygen atoms in total. The lowest BCUT2D eigenvalue weighted by Crippen LogP contribution is -2.18. The van der Waals surface area contributed by atoms with Gasteiger partial charge in [0.2, 0.25) is 10.0 Å². The quantitative estimate of drug-likeness (QED) is 0.749. The van der Waals surface area contributed by atoms with Gasteiger partial charge in [0.1, 0.15) is 11.8 Å². The third kappa shape index (κ3) is 2.83. The molecule has 1 aromatic heterocycles. The summed E-state index contributed by atoms with van der Waals surface area (Å²) in [6.45, 7) is 2.61. The fourth-order valence-electron chi connectivity index (χ4n) is 3.13. The molecule has 1 N–H and O–H groups in total. The Morgan fingerprint density at radius 3 is 2.62 bits per heavy atom. The minimum atomic E-state index is -3.57. The summed E-state index contributed by atoms with van der Waals surface area (Å²) < 4.78 is 33.9. The van der Waals surface area contributed by atoms with Crippen LogP contribution in [0.15, 0.2) is 47.4 Å². The molecule has 134 valence electrons. The van der Waals surface area contributed by atoms with Crippen molar-refractivity contribution in [3.8, 4) is 23.1 Å². The Morgan fingerprint density at radius 1 is 1.23 bits per heavy atom. The van der Waals surface area contributed by atoms with Crippen molar-refractivity contribution in [2.24, 2.45) is 0 Å². The highest BCUT2D eigenvalue weighted by Crippen LogP contribution is 2.35. The summed E-state index contributed by atoms with van der Waals surface area (Å²) in [4.78, 5) is 0.159. The van der Waals surface area contributed by atoms with E-state index in [0.717, 1.165) is 10.9 Å². The van der Waals surface area contributed by atoms with Crippen LogP contribution >= 0.6 is 0 Å². The van der Waals surface area contributed by atoms with Crippen molar-refractivity contribution in [1.29, 1.82) is 5.26 Å². The van der Waals surface area contributed by atoms with Crippen LogP contribution in [0, 0.1) is 11.3 Å². The van der Waals surface area contributed by atoms with Crippen molar-refractivity contribution >= 4 is 20.9 Å². The van der Waals surface area contributed by atoms with E-state index >= 15 is 0 Å². The van der Waals surface area contributed by atoms with Gasteiger partial charge in [0, 0.05) is 23.6 Å². The molecule has 0 fully saturated rings. The molecule has 0 spiro atoms. The summed E-state index contributed by atoms with van der Waals surface area (Å²) in [6, 6.07) is 14.4. The van der Waals surface area contributed by atoms with E-state index in [1.807, 2.05) is 35.8 Å². The summed E-state index contributed by atoms with van der Waals surface area (Å²) in [5.41, 5.74) is 2.77. The number of sulfonamides is 1. The zero-order valence-electron chi connectivity index (χ0n) is 14.8. The smallest absolute Gasteiger partial charge is 0.240 e. The number of nitrogens with zero attached hydrogens (tertiary/aromatic N) is 2. The van der Waals surface area contributed by atoms with Gasteiger partial charge in [-0.05, 0) is 38.2 Å². The minimum absolute atomic E-state index is 0.159. The third-order valence-electron chi connectivity index (χ3n) is 4.39. The lowest BCUT2D eigenvalue weighted by Gasteiger charge is -2.10. The average molecular weight is 369 g/mol. The summed E-state index contributed by atoms with van der Waals surface area (Å²) in [6.07, 6.45) is 0. The van der Waals surface area contributed by atoms with Crippen LogP contribution in [0.5, 0.6) is 5.75 Å². The van der Waals surface area contributed by atoms with Gasteiger partial charge in [0.05, 0.1) is 28.8 Å². The second-order valence-corrected chi connectivity index (χ2v) is 7.58. The van der Waals surface area contributed by atoms with E-state index in [2.05, 4.69) is 10.8 Å². The third-order valence-corrected chi connectivity index (χ3v) is 5.80. The van der Waals surface area contributed by atoms with E-state index in [4.69, 9.17) is 4.74 Å². The van der Waals surface area contributed by atoms with Crippen LogP contribution in [0.3, 0.4) is 0 Å². The van der Waals surface area contributed by atoms with Gasteiger partial charge < -0.3 is 9.30 Å². The van der Waals surface area contributed by atoms with E-state index in [1.54, 1.807) is 19.2 Å². The van der Waals surface area contributed by atoms with Gasteiger partial charge in [-0.1, -0.05) is 12.1 Å². The molecule has 7 heteroatoms. The summed E-state index contributed by atoms with van der Waals surface area (Å²) in [7, 11) is -0.602. The van der Waals surface area contributed by atoms with Crippen molar-refractivity contribution in [3.05, 3.63) is 48.0 Å². The summed E-state index contributed by atoms with van der Waals surface area (Å²) in [5.74, 6) is 0.701. The number of hydrogen-bond donors (Lipinski definition) is 1. The average Bonchev–Trinajstić information content (AvgIpc) is 3.00. The van der Waals surface area contributed by atoms with Crippen molar-refractivity contribution in [2.45, 2.75) is 18.4 Å². The van der Waals surface area contributed by atoms with Crippen molar-refractivity contribution in [2.75, 3.05) is 14.2 Å². The van der Waals surface area contributed by atoms with E-state index in [0.29, 0.717) is 29.1 Å². The van der Waals surface area contributed by atoms with Gasteiger partial charge in [-0.3, -0.25) is 0 Å². The first-order valence-electron chi connectivity index (χ1n) is 8.11. The van der Waals surface area contributed by atoms with Gasteiger partial charge in [-0.2, -0.15) is 5.26 Å². The standard InChI is InChI=1S/C19H19N3O3S/c1-4-22-18-11-14(25-3)8-9-16(18)17(12-20)19(22)13-6-5-7-15(10-13)26(23,24)21-2/h5-11,21H,4H2,1-3H3. The fraction of sp³-hybridized carbons (Fsp3) is 0.211. The number of aromatic nitrogens is 1. The Bertz CT molecular complexity index is 1120. The van der Waals surface area contributed by atoms with Crippen LogP contribution in [-0.2, 0) is 16.6 Å². The van der Waals surface area contributed by atoms with Crippen LogP contribution in [0.1, 0.15) is 12.5 Å². The maximum Gasteiger partial charge on any atom is 0.240 e. The molecule has 0 bridgehead atoms. The molecular formula is C19H19N3O3S. The largest absolute Gasteiger partial charge is 0.497 e. The molecule has 2 aromatic carbocycles. The molecule has 1 heterocycles. The van der Waals surface area contributed by atoms with E-state index < -0.39 is 10.0 Å². The van der Waals surface area contributed by atoms with E-state index in [9.17, 15) is 13.7 Å². The molecule has 0 saturated carbocycles. The summed E-state index contributed by atoms with van der Waals surface area (Å²) in [5, 5.41) is 10.6. The Labute approximate surface area is 152 Å². The zero-order chi connectivity index (χ0) is 18.9. The lowest BCUT2D eigenvalue weighted by molar-refractivity contribution is 0.415. The normalized spacial score (nSPS) is 11.5. The second-order valence-electron chi connectivity index (χ2n) is 5.70. The van der Waals surface area contributed by atoms with Crippen LogP contribution in [-0.4, -0.2) is 27.1 Å². The predicted octanol–water partition coefficient (Wildman–Crippen LogP) is 3.12. The first kappa shape index (κ1) is 18.0.